The maximum atomic E-state index is 6.09. The van der Waals surface area contributed by atoms with Gasteiger partial charge in [0.2, 0.25) is 0 Å². The van der Waals surface area contributed by atoms with Gasteiger partial charge >= 0.3 is 0 Å². The van der Waals surface area contributed by atoms with E-state index in [1.165, 1.54) is 16.3 Å². The average Bonchev–Trinajstić information content (AvgIpc) is 2.86. The molecule has 3 heteroatoms. The number of nitrogens with one attached hydrogen (secondary N) is 1. The third-order valence-electron chi connectivity index (χ3n) is 4.08. The van der Waals surface area contributed by atoms with Crippen LogP contribution in [0.2, 0.25) is 5.02 Å². The molecule has 2 aromatic carbocycles. The molecule has 2 heterocycles. The molecule has 0 amide bonds. The molecule has 4 rings (SSSR count). The van der Waals surface area contributed by atoms with Gasteiger partial charge in [-0.05, 0) is 32.0 Å². The first-order chi connectivity index (χ1) is 10.6. The highest BCUT2D eigenvalue weighted by molar-refractivity contribution is 6.31. The van der Waals surface area contributed by atoms with Gasteiger partial charge in [-0.2, -0.15) is 0 Å². The number of H-pyrrole nitrogens is 1. The van der Waals surface area contributed by atoms with E-state index in [0.717, 1.165) is 33.0 Å². The summed E-state index contributed by atoms with van der Waals surface area (Å²) in [5.41, 5.74) is 6.52. The Kier molecular flexibility index (Phi) is 2.95. The molecule has 0 spiro atoms. The third-order valence-corrected chi connectivity index (χ3v) is 4.31. The first kappa shape index (κ1) is 13.4. The zero-order valence-electron chi connectivity index (χ0n) is 12.4. The maximum Gasteiger partial charge on any atom is 0.0713 e. The lowest BCUT2D eigenvalue weighted by molar-refractivity contribution is 1.22. The van der Waals surface area contributed by atoms with Crippen LogP contribution in [0.5, 0.6) is 0 Å². The largest absolute Gasteiger partial charge is 0.353 e. The molecular formula is C19H15ClN2. The van der Waals surface area contributed by atoms with E-state index in [2.05, 4.69) is 48.3 Å². The van der Waals surface area contributed by atoms with E-state index in [1.54, 1.807) is 0 Å². The SMILES string of the molecule is Cc1ccc(-c2cc3c([nH]c4cc(Cl)ccc43)c(C)n2)cc1. The lowest BCUT2D eigenvalue weighted by atomic mass is 10.1. The highest BCUT2D eigenvalue weighted by atomic mass is 35.5. The van der Waals surface area contributed by atoms with Crippen molar-refractivity contribution in [1.29, 1.82) is 0 Å². The topological polar surface area (TPSA) is 28.7 Å². The van der Waals surface area contributed by atoms with Crippen molar-refractivity contribution in [3.05, 3.63) is 64.8 Å². The van der Waals surface area contributed by atoms with Crippen molar-refractivity contribution in [1.82, 2.24) is 9.97 Å². The van der Waals surface area contributed by atoms with Crippen molar-refractivity contribution in [2.24, 2.45) is 0 Å². The Morgan fingerprint density at radius 2 is 1.68 bits per heavy atom. The number of benzene rings is 2. The molecule has 0 unspecified atom stereocenters. The number of rotatable bonds is 1. The number of hydrogen-bond acceptors (Lipinski definition) is 1. The van der Waals surface area contributed by atoms with E-state index in [4.69, 9.17) is 16.6 Å². The van der Waals surface area contributed by atoms with E-state index in [0.29, 0.717) is 0 Å². The summed E-state index contributed by atoms with van der Waals surface area (Å²) in [7, 11) is 0. The van der Waals surface area contributed by atoms with Crippen LogP contribution in [0.3, 0.4) is 0 Å². The number of aromatic nitrogens is 2. The minimum Gasteiger partial charge on any atom is -0.353 e. The fraction of sp³-hybridized carbons (Fsp3) is 0.105. The van der Waals surface area contributed by atoms with E-state index in [-0.39, 0.29) is 0 Å². The Morgan fingerprint density at radius 3 is 2.45 bits per heavy atom. The minimum atomic E-state index is 0.739. The fourth-order valence-electron chi connectivity index (χ4n) is 2.90. The summed E-state index contributed by atoms with van der Waals surface area (Å²) < 4.78 is 0. The molecule has 0 aliphatic heterocycles. The molecule has 22 heavy (non-hydrogen) atoms. The van der Waals surface area contributed by atoms with Gasteiger partial charge in [0.25, 0.3) is 0 Å². The zero-order chi connectivity index (χ0) is 15.3. The number of hydrogen-bond donors (Lipinski definition) is 1. The van der Waals surface area contributed by atoms with Gasteiger partial charge in [-0.3, -0.25) is 4.98 Å². The Labute approximate surface area is 133 Å². The molecule has 0 atom stereocenters. The molecule has 0 saturated carbocycles. The minimum absolute atomic E-state index is 0.739. The number of pyridine rings is 1. The number of nitrogens with zero attached hydrogens (tertiary/aromatic N) is 1. The van der Waals surface area contributed by atoms with Gasteiger partial charge in [0, 0.05) is 26.9 Å². The predicted molar refractivity (Wildman–Crippen MR) is 93.5 cm³/mol. The monoisotopic (exact) mass is 306 g/mol. The second-order valence-electron chi connectivity index (χ2n) is 5.70. The van der Waals surface area contributed by atoms with Crippen LogP contribution < -0.4 is 0 Å². The Bertz CT molecular complexity index is 997. The maximum absolute atomic E-state index is 6.09. The molecule has 2 nitrogen and oxygen atoms in total. The molecule has 0 fully saturated rings. The Morgan fingerprint density at radius 1 is 0.909 bits per heavy atom. The zero-order valence-corrected chi connectivity index (χ0v) is 13.2. The number of halogens is 1. The lowest BCUT2D eigenvalue weighted by Crippen LogP contribution is -1.88. The third kappa shape index (κ3) is 2.08. The lowest BCUT2D eigenvalue weighted by Gasteiger charge is -2.04. The quantitative estimate of drug-likeness (QED) is 0.483. The van der Waals surface area contributed by atoms with Crippen LogP contribution in [0.25, 0.3) is 33.1 Å². The Balaban J connectivity index is 2.02. The summed E-state index contributed by atoms with van der Waals surface area (Å²) in [5, 5.41) is 3.11. The van der Waals surface area contributed by atoms with Crippen molar-refractivity contribution in [2.75, 3.05) is 0 Å². The summed E-state index contributed by atoms with van der Waals surface area (Å²) >= 11 is 6.09. The van der Waals surface area contributed by atoms with E-state index < -0.39 is 0 Å². The standard InChI is InChI=1S/C19H15ClN2/c1-11-3-5-13(6-4-11)17-10-16-15-8-7-14(20)9-18(15)22-19(16)12(2)21-17/h3-10,22H,1-2H3. The van der Waals surface area contributed by atoms with Crippen LogP contribution in [0.15, 0.2) is 48.5 Å². The van der Waals surface area contributed by atoms with Gasteiger partial charge in [0.05, 0.1) is 16.9 Å². The first-order valence-electron chi connectivity index (χ1n) is 7.27. The molecule has 1 N–H and O–H groups in total. The average molecular weight is 307 g/mol. The summed E-state index contributed by atoms with van der Waals surface area (Å²) in [6.45, 7) is 4.13. The van der Waals surface area contributed by atoms with E-state index in [9.17, 15) is 0 Å². The second kappa shape index (κ2) is 4.85. The number of aryl methyl sites for hydroxylation is 2. The van der Waals surface area contributed by atoms with E-state index >= 15 is 0 Å². The van der Waals surface area contributed by atoms with Crippen molar-refractivity contribution >= 4 is 33.4 Å². The summed E-state index contributed by atoms with van der Waals surface area (Å²) in [6.07, 6.45) is 0. The Hall–Kier alpha value is -2.32. The molecular weight excluding hydrogens is 292 g/mol. The molecule has 2 aromatic heterocycles. The van der Waals surface area contributed by atoms with Crippen molar-refractivity contribution in [3.63, 3.8) is 0 Å². The van der Waals surface area contributed by atoms with Gasteiger partial charge in [-0.25, -0.2) is 0 Å². The van der Waals surface area contributed by atoms with Crippen molar-refractivity contribution in [3.8, 4) is 11.3 Å². The normalized spacial score (nSPS) is 11.4. The molecule has 0 radical (unpaired) electrons. The van der Waals surface area contributed by atoms with Gasteiger partial charge in [-0.1, -0.05) is 47.5 Å². The van der Waals surface area contributed by atoms with Crippen LogP contribution in [0, 0.1) is 13.8 Å². The number of fused-ring (bicyclic) bond motifs is 3. The van der Waals surface area contributed by atoms with Crippen LogP contribution in [-0.4, -0.2) is 9.97 Å². The van der Waals surface area contributed by atoms with Gasteiger partial charge in [0.15, 0.2) is 0 Å². The van der Waals surface area contributed by atoms with Crippen molar-refractivity contribution < 1.29 is 0 Å². The van der Waals surface area contributed by atoms with E-state index in [1.807, 2.05) is 19.1 Å². The van der Waals surface area contributed by atoms with Gasteiger partial charge in [-0.15, -0.1) is 0 Å². The van der Waals surface area contributed by atoms with Crippen LogP contribution >= 0.6 is 11.6 Å². The summed E-state index contributed by atoms with van der Waals surface area (Å²) in [5.74, 6) is 0. The van der Waals surface area contributed by atoms with Crippen LogP contribution in [0.1, 0.15) is 11.3 Å². The summed E-state index contributed by atoms with van der Waals surface area (Å²) in [6, 6.07) is 16.6. The highest BCUT2D eigenvalue weighted by Gasteiger charge is 2.10. The fourth-order valence-corrected chi connectivity index (χ4v) is 3.08. The van der Waals surface area contributed by atoms with Crippen LogP contribution in [0.4, 0.5) is 0 Å². The summed E-state index contributed by atoms with van der Waals surface area (Å²) in [4.78, 5) is 8.18. The molecule has 0 aliphatic rings. The smallest absolute Gasteiger partial charge is 0.0713 e. The second-order valence-corrected chi connectivity index (χ2v) is 6.13. The predicted octanol–water partition coefficient (Wildman–Crippen LogP) is 5.65. The molecule has 108 valence electrons. The number of aromatic amines is 1. The molecule has 0 bridgehead atoms. The van der Waals surface area contributed by atoms with Gasteiger partial charge in [0.1, 0.15) is 0 Å². The highest BCUT2D eigenvalue weighted by Crippen LogP contribution is 2.31. The molecule has 0 aliphatic carbocycles. The molecule has 4 aromatic rings. The van der Waals surface area contributed by atoms with Crippen molar-refractivity contribution in [2.45, 2.75) is 13.8 Å². The van der Waals surface area contributed by atoms with Crippen LogP contribution in [-0.2, 0) is 0 Å². The molecule has 0 saturated heterocycles. The van der Waals surface area contributed by atoms with Gasteiger partial charge < -0.3 is 4.98 Å². The first-order valence-corrected chi connectivity index (χ1v) is 7.65.